The summed E-state index contributed by atoms with van der Waals surface area (Å²) >= 11 is 0. The third kappa shape index (κ3) is 2.79. The second-order valence-corrected chi connectivity index (χ2v) is 4.20. The zero-order chi connectivity index (χ0) is 14.7. The molecule has 0 radical (unpaired) electrons. The van der Waals surface area contributed by atoms with Gasteiger partial charge in [0.15, 0.2) is 5.82 Å². The summed E-state index contributed by atoms with van der Waals surface area (Å²) in [5, 5.41) is 2.28. The Labute approximate surface area is 113 Å². The molecule has 2 aromatic rings. The number of anilines is 1. The Bertz CT molecular complexity index is 626. The van der Waals surface area contributed by atoms with Crippen molar-refractivity contribution in [3.63, 3.8) is 0 Å². The quantitative estimate of drug-likeness (QED) is 0.937. The van der Waals surface area contributed by atoms with Crippen LogP contribution in [0.3, 0.4) is 0 Å². The molecule has 3 nitrogen and oxygen atoms in total. The van der Waals surface area contributed by atoms with Crippen molar-refractivity contribution in [2.75, 3.05) is 5.32 Å². The van der Waals surface area contributed by atoms with Gasteiger partial charge in [-0.05, 0) is 25.1 Å². The molecule has 0 aliphatic heterocycles. The molecule has 20 heavy (non-hydrogen) atoms. The van der Waals surface area contributed by atoms with Gasteiger partial charge < -0.3 is 5.32 Å². The average molecular weight is 280 g/mol. The van der Waals surface area contributed by atoms with E-state index in [4.69, 9.17) is 0 Å². The maximum absolute atomic E-state index is 13.6. The molecule has 0 spiro atoms. The van der Waals surface area contributed by atoms with Crippen LogP contribution in [0.1, 0.15) is 18.4 Å². The summed E-state index contributed by atoms with van der Waals surface area (Å²) in [6, 6.07) is 4.60. The zero-order valence-corrected chi connectivity index (χ0v) is 10.5. The molecule has 1 aromatic carbocycles. The van der Waals surface area contributed by atoms with Crippen LogP contribution in [0.4, 0.5) is 18.9 Å². The molecule has 104 valence electrons. The molecule has 1 heterocycles. The molecule has 6 heteroatoms. The zero-order valence-electron chi connectivity index (χ0n) is 10.5. The number of nitrogens with one attached hydrogen (secondary N) is 1. The lowest BCUT2D eigenvalue weighted by atomic mass is 9.99. The van der Waals surface area contributed by atoms with Gasteiger partial charge in [-0.15, -0.1) is 0 Å². The summed E-state index contributed by atoms with van der Waals surface area (Å²) < 4.78 is 40.5. The molecule has 1 amide bonds. The number of amides is 1. The van der Waals surface area contributed by atoms with Crippen LogP contribution in [0.2, 0.25) is 0 Å². The van der Waals surface area contributed by atoms with Crippen molar-refractivity contribution in [2.24, 2.45) is 0 Å². The Morgan fingerprint density at radius 2 is 1.80 bits per heavy atom. The SMILES string of the molecule is CC(C(=O)Nc1ccncc1F)c1c(F)cccc1F. The van der Waals surface area contributed by atoms with E-state index in [9.17, 15) is 18.0 Å². The fourth-order valence-corrected chi connectivity index (χ4v) is 1.77. The van der Waals surface area contributed by atoms with Crippen molar-refractivity contribution < 1.29 is 18.0 Å². The summed E-state index contributed by atoms with van der Waals surface area (Å²) in [6.07, 6.45) is 2.23. The van der Waals surface area contributed by atoms with Gasteiger partial charge in [0.25, 0.3) is 0 Å². The highest BCUT2D eigenvalue weighted by Gasteiger charge is 2.23. The highest BCUT2D eigenvalue weighted by molar-refractivity contribution is 5.95. The van der Waals surface area contributed by atoms with Gasteiger partial charge in [0, 0.05) is 11.8 Å². The van der Waals surface area contributed by atoms with Crippen LogP contribution in [0, 0.1) is 17.5 Å². The van der Waals surface area contributed by atoms with E-state index in [0.717, 1.165) is 18.3 Å². The molecular weight excluding hydrogens is 269 g/mol. The van der Waals surface area contributed by atoms with E-state index in [1.165, 1.54) is 25.3 Å². The second-order valence-electron chi connectivity index (χ2n) is 4.20. The first-order chi connectivity index (χ1) is 9.50. The van der Waals surface area contributed by atoms with Gasteiger partial charge in [0.05, 0.1) is 17.8 Å². The lowest BCUT2D eigenvalue weighted by Gasteiger charge is -2.14. The summed E-state index contributed by atoms with van der Waals surface area (Å²) in [5.74, 6) is -4.16. The van der Waals surface area contributed by atoms with Crippen LogP contribution in [-0.4, -0.2) is 10.9 Å². The maximum atomic E-state index is 13.6. The van der Waals surface area contributed by atoms with Crippen molar-refractivity contribution in [3.05, 3.63) is 59.7 Å². The normalized spacial score (nSPS) is 12.0. The van der Waals surface area contributed by atoms with Gasteiger partial charge in [-0.1, -0.05) is 6.07 Å². The van der Waals surface area contributed by atoms with Crippen molar-refractivity contribution in [1.82, 2.24) is 4.98 Å². The van der Waals surface area contributed by atoms with E-state index in [2.05, 4.69) is 10.3 Å². The summed E-state index contributed by atoms with van der Waals surface area (Å²) in [6.45, 7) is 1.34. The van der Waals surface area contributed by atoms with Crippen molar-refractivity contribution in [2.45, 2.75) is 12.8 Å². The molecule has 0 saturated heterocycles. The van der Waals surface area contributed by atoms with Crippen molar-refractivity contribution in [3.8, 4) is 0 Å². The van der Waals surface area contributed by atoms with Gasteiger partial charge in [-0.2, -0.15) is 0 Å². The predicted octanol–water partition coefficient (Wildman–Crippen LogP) is 3.24. The Kier molecular flexibility index (Phi) is 4.02. The van der Waals surface area contributed by atoms with Crippen LogP contribution >= 0.6 is 0 Å². The van der Waals surface area contributed by atoms with Crippen molar-refractivity contribution in [1.29, 1.82) is 0 Å². The topological polar surface area (TPSA) is 42.0 Å². The van der Waals surface area contributed by atoms with Gasteiger partial charge in [-0.3, -0.25) is 9.78 Å². The van der Waals surface area contributed by atoms with E-state index in [-0.39, 0.29) is 11.3 Å². The fourth-order valence-electron chi connectivity index (χ4n) is 1.77. The van der Waals surface area contributed by atoms with E-state index < -0.39 is 29.3 Å². The number of carbonyl (C=O) groups excluding carboxylic acids is 1. The largest absolute Gasteiger partial charge is 0.323 e. The van der Waals surface area contributed by atoms with Crippen LogP contribution < -0.4 is 5.32 Å². The molecule has 0 fully saturated rings. The Morgan fingerprint density at radius 3 is 2.40 bits per heavy atom. The molecule has 0 aliphatic rings. The van der Waals surface area contributed by atoms with E-state index in [1.807, 2.05) is 0 Å². The van der Waals surface area contributed by atoms with Crippen molar-refractivity contribution >= 4 is 11.6 Å². The monoisotopic (exact) mass is 280 g/mol. The van der Waals surface area contributed by atoms with E-state index >= 15 is 0 Å². The third-order valence-electron chi connectivity index (χ3n) is 2.86. The lowest BCUT2D eigenvalue weighted by Crippen LogP contribution is -2.21. The number of hydrogen-bond donors (Lipinski definition) is 1. The Balaban J connectivity index is 2.24. The first-order valence-electron chi connectivity index (χ1n) is 5.85. The number of benzene rings is 1. The Hall–Kier alpha value is -2.37. The predicted molar refractivity (Wildman–Crippen MR) is 67.6 cm³/mol. The molecular formula is C14H11F3N2O. The number of pyridine rings is 1. The molecule has 0 bridgehead atoms. The van der Waals surface area contributed by atoms with Crippen LogP contribution in [0.25, 0.3) is 0 Å². The van der Waals surface area contributed by atoms with E-state index in [0.29, 0.717) is 0 Å². The molecule has 0 saturated carbocycles. The Morgan fingerprint density at radius 1 is 1.15 bits per heavy atom. The molecule has 2 rings (SSSR count). The number of carbonyl (C=O) groups is 1. The van der Waals surface area contributed by atoms with Gasteiger partial charge in [-0.25, -0.2) is 13.2 Å². The van der Waals surface area contributed by atoms with Gasteiger partial charge in [0.1, 0.15) is 11.6 Å². The highest BCUT2D eigenvalue weighted by Crippen LogP contribution is 2.24. The minimum atomic E-state index is -1.09. The number of nitrogens with zero attached hydrogens (tertiary/aromatic N) is 1. The summed E-state index contributed by atoms with van der Waals surface area (Å²) in [4.78, 5) is 15.5. The first kappa shape index (κ1) is 14.0. The van der Waals surface area contributed by atoms with Gasteiger partial charge in [0.2, 0.25) is 5.91 Å². The molecule has 1 atom stereocenters. The number of halogens is 3. The van der Waals surface area contributed by atoms with Crippen LogP contribution in [0.15, 0.2) is 36.7 Å². The molecule has 1 aromatic heterocycles. The first-order valence-corrected chi connectivity index (χ1v) is 5.85. The lowest BCUT2D eigenvalue weighted by molar-refractivity contribution is -0.117. The minimum absolute atomic E-state index is 0.0893. The molecule has 1 N–H and O–H groups in total. The third-order valence-corrected chi connectivity index (χ3v) is 2.86. The smallest absolute Gasteiger partial charge is 0.231 e. The number of aromatic nitrogens is 1. The average Bonchev–Trinajstić information content (AvgIpc) is 2.41. The van der Waals surface area contributed by atoms with Crippen LogP contribution in [-0.2, 0) is 4.79 Å². The standard InChI is InChI=1S/C14H11F3N2O/c1-8(13-9(15)3-2-4-10(13)16)14(20)19-12-5-6-18-7-11(12)17/h2-8H,1H3,(H,18,19,20). The maximum Gasteiger partial charge on any atom is 0.231 e. The minimum Gasteiger partial charge on any atom is -0.323 e. The van der Waals surface area contributed by atoms with Crippen LogP contribution in [0.5, 0.6) is 0 Å². The second kappa shape index (κ2) is 5.73. The van der Waals surface area contributed by atoms with Gasteiger partial charge >= 0.3 is 0 Å². The summed E-state index contributed by atoms with van der Waals surface area (Å²) in [5.41, 5.74) is -0.437. The number of hydrogen-bond acceptors (Lipinski definition) is 2. The van der Waals surface area contributed by atoms with E-state index in [1.54, 1.807) is 0 Å². The fraction of sp³-hybridized carbons (Fsp3) is 0.143. The number of rotatable bonds is 3. The molecule has 1 unspecified atom stereocenters. The molecule has 0 aliphatic carbocycles. The summed E-state index contributed by atoms with van der Waals surface area (Å²) in [7, 11) is 0. The highest BCUT2D eigenvalue weighted by atomic mass is 19.1.